The molecule has 1 aliphatic rings. The fourth-order valence-corrected chi connectivity index (χ4v) is 2.50. The molecule has 1 aromatic carbocycles. The number of hydrogen-bond donors (Lipinski definition) is 2. The number of carbonyl (C=O) groups is 1. The summed E-state index contributed by atoms with van der Waals surface area (Å²) in [6, 6.07) is 8.22. The van der Waals surface area contributed by atoms with E-state index >= 15 is 0 Å². The first kappa shape index (κ1) is 14.0. The van der Waals surface area contributed by atoms with Crippen molar-refractivity contribution >= 4 is 11.6 Å². The van der Waals surface area contributed by atoms with E-state index in [1.54, 1.807) is 7.11 Å². The van der Waals surface area contributed by atoms with E-state index in [0.29, 0.717) is 18.7 Å². The van der Waals surface area contributed by atoms with Gasteiger partial charge in [-0.2, -0.15) is 0 Å². The minimum atomic E-state index is 0.00599. The van der Waals surface area contributed by atoms with Gasteiger partial charge >= 0.3 is 0 Å². The first-order valence-electron chi connectivity index (χ1n) is 6.80. The number of rotatable bonds is 5. The van der Waals surface area contributed by atoms with E-state index in [1.807, 2.05) is 31.2 Å². The number of hydrogen-bond acceptors (Lipinski definition) is 3. The van der Waals surface area contributed by atoms with Crippen molar-refractivity contribution < 1.29 is 9.53 Å². The summed E-state index contributed by atoms with van der Waals surface area (Å²) in [5.41, 5.74) is 2.00. The molecule has 4 nitrogen and oxygen atoms in total. The maximum atomic E-state index is 11.8. The second kappa shape index (κ2) is 6.68. The van der Waals surface area contributed by atoms with Crippen LogP contribution in [-0.2, 0) is 9.53 Å². The van der Waals surface area contributed by atoms with Crippen molar-refractivity contribution in [1.29, 1.82) is 0 Å². The Balaban J connectivity index is 1.73. The first-order chi connectivity index (χ1) is 9.17. The summed E-state index contributed by atoms with van der Waals surface area (Å²) in [5.74, 6) is 0.00599. The smallest absolute Gasteiger partial charge is 0.238 e. The number of nitrogens with one attached hydrogen (secondary N) is 2. The molecule has 0 saturated heterocycles. The number of carbonyl (C=O) groups excluding carboxylic acids is 1. The third kappa shape index (κ3) is 4.33. The fourth-order valence-electron chi connectivity index (χ4n) is 2.50. The summed E-state index contributed by atoms with van der Waals surface area (Å²) in [5, 5.41) is 6.19. The predicted molar refractivity (Wildman–Crippen MR) is 76.2 cm³/mol. The zero-order valence-electron chi connectivity index (χ0n) is 11.6. The molecule has 104 valence electrons. The van der Waals surface area contributed by atoms with Gasteiger partial charge in [0.1, 0.15) is 0 Å². The number of aryl methyl sites for hydroxylation is 1. The Kier molecular flexibility index (Phi) is 4.93. The molecule has 0 aromatic heterocycles. The van der Waals surface area contributed by atoms with Gasteiger partial charge in [0.25, 0.3) is 0 Å². The minimum absolute atomic E-state index is 0.00599. The van der Waals surface area contributed by atoms with Gasteiger partial charge in [-0.25, -0.2) is 0 Å². The zero-order chi connectivity index (χ0) is 13.7. The maximum Gasteiger partial charge on any atom is 0.238 e. The van der Waals surface area contributed by atoms with Crippen molar-refractivity contribution in [3.8, 4) is 0 Å². The lowest BCUT2D eigenvalue weighted by Crippen LogP contribution is -2.35. The topological polar surface area (TPSA) is 50.4 Å². The van der Waals surface area contributed by atoms with Gasteiger partial charge in [-0.1, -0.05) is 12.1 Å². The van der Waals surface area contributed by atoms with Crippen LogP contribution in [0.3, 0.4) is 0 Å². The largest absolute Gasteiger partial charge is 0.381 e. The quantitative estimate of drug-likeness (QED) is 0.854. The molecule has 2 atom stereocenters. The number of amides is 1. The third-order valence-electron chi connectivity index (χ3n) is 3.57. The molecule has 2 N–H and O–H groups in total. The van der Waals surface area contributed by atoms with Gasteiger partial charge in [0.05, 0.1) is 12.6 Å². The van der Waals surface area contributed by atoms with Crippen molar-refractivity contribution in [1.82, 2.24) is 5.32 Å². The molecule has 1 aromatic rings. The lowest BCUT2D eigenvalue weighted by Gasteiger charge is -2.13. The van der Waals surface area contributed by atoms with Gasteiger partial charge in [0, 0.05) is 18.8 Å². The third-order valence-corrected chi connectivity index (χ3v) is 3.57. The monoisotopic (exact) mass is 262 g/mol. The second-order valence-corrected chi connectivity index (χ2v) is 5.17. The van der Waals surface area contributed by atoms with Crippen molar-refractivity contribution in [3.05, 3.63) is 29.8 Å². The first-order valence-corrected chi connectivity index (χ1v) is 6.80. The van der Waals surface area contributed by atoms with Crippen molar-refractivity contribution in [2.45, 2.75) is 38.3 Å². The van der Waals surface area contributed by atoms with Crippen molar-refractivity contribution in [2.24, 2.45) is 0 Å². The van der Waals surface area contributed by atoms with E-state index in [9.17, 15) is 4.79 Å². The van der Waals surface area contributed by atoms with E-state index in [4.69, 9.17) is 4.74 Å². The summed E-state index contributed by atoms with van der Waals surface area (Å²) in [4.78, 5) is 11.8. The predicted octanol–water partition coefficient (Wildman–Crippen LogP) is 2.09. The number of ether oxygens (including phenoxy) is 1. The van der Waals surface area contributed by atoms with Crippen LogP contribution >= 0.6 is 0 Å². The van der Waals surface area contributed by atoms with Crippen molar-refractivity contribution in [2.75, 3.05) is 19.0 Å². The van der Waals surface area contributed by atoms with E-state index in [2.05, 4.69) is 10.6 Å². The van der Waals surface area contributed by atoms with Gasteiger partial charge in [0.15, 0.2) is 0 Å². The van der Waals surface area contributed by atoms with Crippen LogP contribution in [0, 0.1) is 6.92 Å². The highest BCUT2D eigenvalue weighted by atomic mass is 16.5. The molecule has 0 aliphatic heterocycles. The molecular weight excluding hydrogens is 240 g/mol. The lowest BCUT2D eigenvalue weighted by molar-refractivity contribution is -0.115. The van der Waals surface area contributed by atoms with Gasteiger partial charge in [-0.05, 0) is 43.9 Å². The molecular formula is C15H22N2O2. The molecule has 1 saturated carbocycles. The average Bonchev–Trinajstić information content (AvgIpc) is 2.84. The van der Waals surface area contributed by atoms with Crippen LogP contribution in [0.5, 0.6) is 0 Å². The van der Waals surface area contributed by atoms with Crippen LogP contribution in [0.4, 0.5) is 5.69 Å². The van der Waals surface area contributed by atoms with E-state index in [-0.39, 0.29) is 5.91 Å². The van der Waals surface area contributed by atoms with Gasteiger partial charge in [-0.3, -0.25) is 4.79 Å². The van der Waals surface area contributed by atoms with E-state index in [1.165, 1.54) is 0 Å². The molecule has 2 rings (SSSR count). The molecule has 19 heavy (non-hydrogen) atoms. The number of anilines is 1. The SMILES string of the molecule is COC1CCC(NCC(=O)Nc2cccc(C)c2)C1. The average molecular weight is 262 g/mol. The Labute approximate surface area is 114 Å². The van der Waals surface area contributed by atoms with E-state index < -0.39 is 0 Å². The second-order valence-electron chi connectivity index (χ2n) is 5.17. The number of benzene rings is 1. The Hall–Kier alpha value is -1.39. The Morgan fingerprint density at radius 3 is 2.95 bits per heavy atom. The summed E-state index contributed by atoms with van der Waals surface area (Å²) >= 11 is 0. The lowest BCUT2D eigenvalue weighted by atomic mass is 10.2. The molecule has 1 aliphatic carbocycles. The molecule has 1 fully saturated rings. The summed E-state index contributed by atoms with van der Waals surface area (Å²) < 4.78 is 5.32. The van der Waals surface area contributed by atoms with Gasteiger partial charge in [-0.15, -0.1) is 0 Å². The molecule has 0 heterocycles. The fraction of sp³-hybridized carbons (Fsp3) is 0.533. The standard InChI is InChI=1S/C15H22N2O2/c1-11-4-3-5-13(8-11)17-15(18)10-16-12-6-7-14(9-12)19-2/h3-5,8,12,14,16H,6-7,9-10H2,1-2H3,(H,17,18). The highest BCUT2D eigenvalue weighted by molar-refractivity contribution is 5.92. The van der Waals surface area contributed by atoms with Crippen LogP contribution in [0.2, 0.25) is 0 Å². The van der Waals surface area contributed by atoms with Crippen LogP contribution in [-0.4, -0.2) is 31.7 Å². The Bertz CT molecular complexity index is 434. The van der Waals surface area contributed by atoms with E-state index in [0.717, 1.165) is 30.5 Å². The van der Waals surface area contributed by atoms with Crippen molar-refractivity contribution in [3.63, 3.8) is 0 Å². The molecule has 0 bridgehead atoms. The summed E-state index contributed by atoms with van der Waals surface area (Å²) in [6.45, 7) is 2.37. The Morgan fingerprint density at radius 2 is 2.26 bits per heavy atom. The van der Waals surface area contributed by atoms with Crippen LogP contribution in [0.1, 0.15) is 24.8 Å². The number of methoxy groups -OCH3 is 1. The minimum Gasteiger partial charge on any atom is -0.381 e. The zero-order valence-corrected chi connectivity index (χ0v) is 11.6. The van der Waals surface area contributed by atoms with Crippen LogP contribution < -0.4 is 10.6 Å². The molecule has 2 unspecified atom stereocenters. The van der Waals surface area contributed by atoms with Crippen LogP contribution in [0.15, 0.2) is 24.3 Å². The maximum absolute atomic E-state index is 11.8. The Morgan fingerprint density at radius 1 is 1.42 bits per heavy atom. The summed E-state index contributed by atoms with van der Waals surface area (Å²) in [7, 11) is 1.75. The molecule has 1 amide bonds. The van der Waals surface area contributed by atoms with Crippen LogP contribution in [0.25, 0.3) is 0 Å². The highest BCUT2D eigenvalue weighted by Gasteiger charge is 2.24. The summed E-state index contributed by atoms with van der Waals surface area (Å²) in [6.07, 6.45) is 3.50. The molecule has 0 spiro atoms. The van der Waals surface area contributed by atoms with Gasteiger partial charge in [0.2, 0.25) is 5.91 Å². The highest BCUT2D eigenvalue weighted by Crippen LogP contribution is 2.21. The normalized spacial score (nSPS) is 22.4. The molecule has 4 heteroatoms. The molecule has 0 radical (unpaired) electrons. The van der Waals surface area contributed by atoms with Gasteiger partial charge < -0.3 is 15.4 Å².